The van der Waals surface area contributed by atoms with Crippen LogP contribution in [-0.4, -0.2) is 22.0 Å². The molecular formula is C22H23NO3. The molecule has 2 aromatic carbocycles. The fraction of sp³-hybridized carbons (Fsp3) is 0.273. The van der Waals surface area contributed by atoms with Crippen LogP contribution in [0.3, 0.4) is 0 Å². The molecule has 0 fully saturated rings. The van der Waals surface area contributed by atoms with Crippen molar-refractivity contribution < 1.29 is 14.3 Å². The van der Waals surface area contributed by atoms with Crippen LogP contribution in [0.4, 0.5) is 4.79 Å². The highest BCUT2D eigenvalue weighted by Crippen LogP contribution is 2.26. The maximum atomic E-state index is 12.7. The second-order valence-corrected chi connectivity index (χ2v) is 7.44. The molecule has 0 aliphatic carbocycles. The highest BCUT2D eigenvalue weighted by molar-refractivity contribution is 6.01. The fourth-order valence-corrected chi connectivity index (χ4v) is 2.90. The molecule has 0 spiro atoms. The molecule has 0 radical (unpaired) electrons. The largest absolute Gasteiger partial charge is 0.443 e. The van der Waals surface area contributed by atoms with Crippen molar-refractivity contribution in [2.45, 2.75) is 39.2 Å². The summed E-state index contributed by atoms with van der Waals surface area (Å²) in [5.41, 5.74) is 1.84. The van der Waals surface area contributed by atoms with Crippen molar-refractivity contribution >= 4 is 22.8 Å². The van der Waals surface area contributed by atoms with Crippen LogP contribution in [0.5, 0.6) is 0 Å². The van der Waals surface area contributed by atoms with Crippen molar-refractivity contribution in [1.29, 1.82) is 0 Å². The summed E-state index contributed by atoms with van der Waals surface area (Å²) in [4.78, 5) is 25.0. The number of ether oxygens (including phenoxy) is 1. The molecule has 0 N–H and O–H groups in total. The van der Waals surface area contributed by atoms with Crippen molar-refractivity contribution in [3.05, 3.63) is 71.9 Å². The van der Waals surface area contributed by atoms with E-state index >= 15 is 0 Å². The second kappa shape index (κ2) is 6.79. The number of carbonyl (C=O) groups excluding carboxylic acids is 2. The Bertz CT molecular complexity index is 948. The Morgan fingerprint density at radius 1 is 1.00 bits per heavy atom. The van der Waals surface area contributed by atoms with Crippen molar-refractivity contribution in [2.24, 2.45) is 0 Å². The standard InChI is InChI=1S/C22H23NO3/c1-15(20(24)16-8-6-5-7-9-16)17-10-11-19-18(14-17)12-13-23(19)21(25)26-22(2,3)4/h5-15H,1-4H3/t15-/m1/s1. The normalized spacial score (nSPS) is 12.8. The Hall–Kier alpha value is -2.88. The monoisotopic (exact) mass is 349 g/mol. The Labute approximate surface area is 153 Å². The quantitative estimate of drug-likeness (QED) is 0.594. The van der Waals surface area contributed by atoms with Gasteiger partial charge >= 0.3 is 6.09 Å². The molecule has 0 saturated carbocycles. The third-order valence-electron chi connectivity index (χ3n) is 4.26. The summed E-state index contributed by atoms with van der Waals surface area (Å²) >= 11 is 0. The van der Waals surface area contributed by atoms with Crippen molar-refractivity contribution in [1.82, 2.24) is 4.57 Å². The van der Waals surface area contributed by atoms with Gasteiger partial charge in [-0.05, 0) is 44.5 Å². The third-order valence-corrected chi connectivity index (χ3v) is 4.26. The first kappa shape index (κ1) is 17.9. The van der Waals surface area contributed by atoms with Gasteiger partial charge < -0.3 is 4.74 Å². The lowest BCUT2D eigenvalue weighted by Gasteiger charge is -2.19. The minimum absolute atomic E-state index is 0.0801. The highest BCUT2D eigenvalue weighted by Gasteiger charge is 2.21. The molecule has 1 heterocycles. The minimum atomic E-state index is -0.551. The van der Waals surface area contributed by atoms with Gasteiger partial charge in [0.15, 0.2) is 5.78 Å². The third kappa shape index (κ3) is 3.69. The van der Waals surface area contributed by atoms with E-state index in [1.165, 1.54) is 4.57 Å². The summed E-state index contributed by atoms with van der Waals surface area (Å²) < 4.78 is 6.93. The van der Waals surface area contributed by atoms with Crippen LogP contribution in [0, 0.1) is 0 Å². The second-order valence-electron chi connectivity index (χ2n) is 7.44. The number of carbonyl (C=O) groups is 2. The first-order valence-corrected chi connectivity index (χ1v) is 8.70. The van der Waals surface area contributed by atoms with Gasteiger partial charge in [-0.15, -0.1) is 0 Å². The fourth-order valence-electron chi connectivity index (χ4n) is 2.90. The summed E-state index contributed by atoms with van der Waals surface area (Å²) in [7, 11) is 0. The van der Waals surface area contributed by atoms with E-state index in [0.29, 0.717) is 5.56 Å². The average molecular weight is 349 g/mol. The van der Waals surface area contributed by atoms with Crippen LogP contribution >= 0.6 is 0 Å². The molecule has 1 aromatic heterocycles. The van der Waals surface area contributed by atoms with Crippen molar-refractivity contribution in [3.63, 3.8) is 0 Å². The Balaban J connectivity index is 1.89. The molecule has 0 saturated heterocycles. The lowest BCUT2D eigenvalue weighted by molar-refractivity contribution is 0.0544. The van der Waals surface area contributed by atoms with Gasteiger partial charge in [0, 0.05) is 23.1 Å². The van der Waals surface area contributed by atoms with Gasteiger partial charge in [-0.1, -0.05) is 43.3 Å². The molecular weight excluding hydrogens is 326 g/mol. The molecule has 0 aliphatic heterocycles. The maximum absolute atomic E-state index is 12.7. The maximum Gasteiger partial charge on any atom is 0.418 e. The number of nitrogens with zero attached hydrogens (tertiary/aromatic N) is 1. The first-order chi connectivity index (χ1) is 12.3. The highest BCUT2D eigenvalue weighted by atomic mass is 16.6. The van der Waals surface area contributed by atoms with Crippen LogP contribution in [0.2, 0.25) is 0 Å². The van der Waals surface area contributed by atoms with Crippen LogP contribution in [0.1, 0.15) is 49.5 Å². The summed E-state index contributed by atoms with van der Waals surface area (Å²) in [6.07, 6.45) is 1.29. The SMILES string of the molecule is C[C@@H](C(=O)c1ccccc1)c1ccc2c(ccn2C(=O)OC(C)(C)C)c1. The van der Waals surface area contributed by atoms with E-state index in [0.717, 1.165) is 16.5 Å². The van der Waals surface area contributed by atoms with Gasteiger partial charge in [-0.25, -0.2) is 4.79 Å². The lowest BCUT2D eigenvalue weighted by atomic mass is 9.92. The number of aromatic nitrogens is 1. The smallest absolute Gasteiger partial charge is 0.418 e. The van der Waals surface area contributed by atoms with Crippen molar-refractivity contribution in [2.75, 3.05) is 0 Å². The van der Waals surface area contributed by atoms with Gasteiger partial charge in [0.1, 0.15) is 5.60 Å². The zero-order chi connectivity index (χ0) is 18.9. The number of fused-ring (bicyclic) bond motifs is 1. The first-order valence-electron chi connectivity index (χ1n) is 8.70. The van der Waals surface area contributed by atoms with E-state index < -0.39 is 11.7 Å². The molecule has 3 rings (SSSR count). The van der Waals surface area contributed by atoms with E-state index in [4.69, 9.17) is 4.74 Å². The number of rotatable bonds is 3. The average Bonchev–Trinajstić information content (AvgIpc) is 3.03. The van der Waals surface area contributed by atoms with E-state index in [-0.39, 0.29) is 11.7 Å². The van der Waals surface area contributed by atoms with Gasteiger partial charge in [0.05, 0.1) is 5.52 Å². The zero-order valence-electron chi connectivity index (χ0n) is 15.5. The predicted octanol–water partition coefficient (Wildman–Crippen LogP) is 5.41. The molecule has 0 unspecified atom stereocenters. The Kier molecular flexibility index (Phi) is 4.68. The number of hydrogen-bond donors (Lipinski definition) is 0. The number of benzene rings is 2. The summed E-state index contributed by atoms with van der Waals surface area (Å²) in [6, 6.07) is 16.9. The lowest BCUT2D eigenvalue weighted by Crippen LogP contribution is -2.26. The van der Waals surface area contributed by atoms with Gasteiger partial charge in [0.2, 0.25) is 0 Å². The molecule has 26 heavy (non-hydrogen) atoms. The van der Waals surface area contributed by atoms with Gasteiger partial charge in [0.25, 0.3) is 0 Å². The van der Waals surface area contributed by atoms with E-state index in [9.17, 15) is 9.59 Å². The molecule has 0 aliphatic rings. The van der Waals surface area contributed by atoms with E-state index in [1.54, 1.807) is 6.20 Å². The predicted molar refractivity (Wildman–Crippen MR) is 103 cm³/mol. The molecule has 0 amide bonds. The number of ketones is 1. The molecule has 4 nitrogen and oxygen atoms in total. The van der Waals surface area contributed by atoms with Crippen LogP contribution in [0.15, 0.2) is 60.8 Å². The van der Waals surface area contributed by atoms with Gasteiger partial charge in [-0.2, -0.15) is 0 Å². The molecule has 4 heteroatoms. The summed E-state index contributed by atoms with van der Waals surface area (Å²) in [5.74, 6) is -0.178. The van der Waals surface area contributed by atoms with Crippen LogP contribution in [0.25, 0.3) is 10.9 Å². The zero-order valence-corrected chi connectivity index (χ0v) is 15.5. The van der Waals surface area contributed by atoms with Crippen LogP contribution in [-0.2, 0) is 4.74 Å². The van der Waals surface area contributed by atoms with Crippen LogP contribution < -0.4 is 0 Å². The summed E-state index contributed by atoms with van der Waals surface area (Å²) in [5, 5.41) is 0.904. The number of hydrogen-bond acceptors (Lipinski definition) is 3. The van der Waals surface area contributed by atoms with Crippen molar-refractivity contribution in [3.8, 4) is 0 Å². The molecule has 1 atom stereocenters. The molecule has 0 bridgehead atoms. The topological polar surface area (TPSA) is 48.3 Å². The number of Topliss-reactive ketones (excluding diaryl/α,β-unsaturated/α-hetero) is 1. The molecule has 3 aromatic rings. The van der Waals surface area contributed by atoms with E-state index in [2.05, 4.69) is 0 Å². The summed E-state index contributed by atoms with van der Waals surface area (Å²) in [6.45, 7) is 7.42. The minimum Gasteiger partial charge on any atom is -0.443 e. The molecule has 134 valence electrons. The van der Waals surface area contributed by atoms with Gasteiger partial charge in [-0.3, -0.25) is 9.36 Å². The Morgan fingerprint density at radius 2 is 1.69 bits per heavy atom. The van der Waals surface area contributed by atoms with E-state index in [1.807, 2.05) is 82.3 Å². The Morgan fingerprint density at radius 3 is 2.35 bits per heavy atom.